The van der Waals surface area contributed by atoms with Gasteiger partial charge >= 0.3 is 0 Å². The fourth-order valence-electron chi connectivity index (χ4n) is 0.996. The number of rotatable bonds is 4. The van der Waals surface area contributed by atoms with Crippen molar-refractivity contribution in [2.75, 3.05) is 7.11 Å². The first kappa shape index (κ1) is 10.9. The van der Waals surface area contributed by atoms with E-state index in [9.17, 15) is 0 Å². The van der Waals surface area contributed by atoms with Crippen LogP contribution >= 0.6 is 0 Å². The van der Waals surface area contributed by atoms with Gasteiger partial charge in [0.25, 0.3) is 0 Å². The smallest absolute Gasteiger partial charge is 0.123 e. The highest BCUT2D eigenvalue weighted by Crippen LogP contribution is 2.20. The Labute approximate surface area is 84.8 Å². The van der Waals surface area contributed by atoms with Gasteiger partial charge in [-0.1, -0.05) is 6.07 Å². The van der Waals surface area contributed by atoms with Crippen LogP contribution in [0.5, 0.6) is 11.5 Å². The molecule has 0 spiro atoms. The van der Waals surface area contributed by atoms with Crippen LogP contribution in [0.15, 0.2) is 24.3 Å². The molecular formula is C11H17NO2. The van der Waals surface area contributed by atoms with E-state index in [4.69, 9.17) is 15.2 Å². The topological polar surface area (TPSA) is 44.5 Å². The first-order valence-corrected chi connectivity index (χ1v) is 4.69. The quantitative estimate of drug-likeness (QED) is 0.796. The maximum Gasteiger partial charge on any atom is 0.123 e. The summed E-state index contributed by atoms with van der Waals surface area (Å²) in [6.45, 7) is 3.87. The molecule has 0 aromatic heterocycles. The monoisotopic (exact) mass is 195 g/mol. The minimum Gasteiger partial charge on any atom is -0.497 e. The van der Waals surface area contributed by atoms with E-state index in [1.54, 1.807) is 7.11 Å². The number of methoxy groups -OCH3 is 1. The Morgan fingerprint density at radius 3 is 2.43 bits per heavy atom. The van der Waals surface area contributed by atoms with Crippen LogP contribution < -0.4 is 15.2 Å². The van der Waals surface area contributed by atoms with Crippen LogP contribution in [-0.4, -0.2) is 19.3 Å². The molecule has 14 heavy (non-hydrogen) atoms. The third-order valence-electron chi connectivity index (χ3n) is 2.10. The van der Waals surface area contributed by atoms with Gasteiger partial charge in [-0.2, -0.15) is 0 Å². The molecule has 0 radical (unpaired) electrons. The molecule has 0 aliphatic heterocycles. The molecule has 2 atom stereocenters. The van der Waals surface area contributed by atoms with Gasteiger partial charge in [-0.25, -0.2) is 0 Å². The zero-order valence-electron chi connectivity index (χ0n) is 8.86. The van der Waals surface area contributed by atoms with E-state index in [0.29, 0.717) is 0 Å². The Balaban J connectivity index is 2.66. The number of nitrogens with two attached hydrogens (primary N) is 1. The second-order valence-corrected chi connectivity index (χ2v) is 3.36. The summed E-state index contributed by atoms with van der Waals surface area (Å²) in [6.07, 6.45) is 0.00195. The van der Waals surface area contributed by atoms with Crippen molar-refractivity contribution in [1.29, 1.82) is 0 Å². The number of ether oxygens (including phenoxy) is 2. The normalized spacial score (nSPS) is 14.6. The molecule has 0 bridgehead atoms. The SMILES string of the molecule is COc1cccc(OC(C)[C@H](C)N)c1. The minimum absolute atomic E-state index is 0.00195. The van der Waals surface area contributed by atoms with Crippen molar-refractivity contribution in [3.8, 4) is 11.5 Å². The fraction of sp³-hybridized carbons (Fsp3) is 0.455. The van der Waals surface area contributed by atoms with Gasteiger partial charge in [-0.15, -0.1) is 0 Å². The predicted molar refractivity (Wildman–Crippen MR) is 56.7 cm³/mol. The summed E-state index contributed by atoms with van der Waals surface area (Å²) in [5.74, 6) is 1.58. The molecule has 1 aromatic rings. The van der Waals surface area contributed by atoms with Gasteiger partial charge in [0.1, 0.15) is 17.6 Å². The van der Waals surface area contributed by atoms with Gasteiger partial charge in [0.05, 0.1) is 7.11 Å². The zero-order chi connectivity index (χ0) is 10.6. The Kier molecular flexibility index (Phi) is 3.77. The van der Waals surface area contributed by atoms with E-state index in [-0.39, 0.29) is 12.1 Å². The van der Waals surface area contributed by atoms with Gasteiger partial charge in [-0.05, 0) is 26.0 Å². The summed E-state index contributed by atoms with van der Waals surface area (Å²) in [6, 6.07) is 7.52. The van der Waals surface area contributed by atoms with E-state index in [1.807, 2.05) is 38.1 Å². The summed E-state index contributed by atoms with van der Waals surface area (Å²) in [5.41, 5.74) is 5.70. The lowest BCUT2D eigenvalue weighted by molar-refractivity contribution is 0.196. The Morgan fingerprint density at radius 2 is 1.86 bits per heavy atom. The Morgan fingerprint density at radius 1 is 1.21 bits per heavy atom. The minimum atomic E-state index is 0.00195. The number of benzene rings is 1. The van der Waals surface area contributed by atoms with Crippen molar-refractivity contribution in [2.45, 2.75) is 26.0 Å². The van der Waals surface area contributed by atoms with E-state index in [1.165, 1.54) is 0 Å². The van der Waals surface area contributed by atoms with Crippen molar-refractivity contribution in [3.63, 3.8) is 0 Å². The summed E-state index contributed by atoms with van der Waals surface area (Å²) < 4.78 is 10.7. The van der Waals surface area contributed by atoms with Crippen molar-refractivity contribution >= 4 is 0 Å². The summed E-state index contributed by atoms with van der Waals surface area (Å²) in [5, 5.41) is 0. The first-order valence-electron chi connectivity index (χ1n) is 4.69. The summed E-state index contributed by atoms with van der Waals surface area (Å²) in [7, 11) is 1.63. The van der Waals surface area contributed by atoms with Gasteiger partial charge in [0.15, 0.2) is 0 Å². The molecular weight excluding hydrogens is 178 g/mol. The van der Waals surface area contributed by atoms with Gasteiger partial charge < -0.3 is 15.2 Å². The number of hydrogen-bond acceptors (Lipinski definition) is 3. The van der Waals surface area contributed by atoms with E-state index in [0.717, 1.165) is 11.5 Å². The van der Waals surface area contributed by atoms with Crippen molar-refractivity contribution in [3.05, 3.63) is 24.3 Å². The van der Waals surface area contributed by atoms with Crippen LogP contribution in [0.4, 0.5) is 0 Å². The van der Waals surface area contributed by atoms with Crippen LogP contribution in [0.1, 0.15) is 13.8 Å². The molecule has 0 saturated carbocycles. The molecule has 0 fully saturated rings. The van der Waals surface area contributed by atoms with Gasteiger partial charge in [-0.3, -0.25) is 0 Å². The van der Waals surface area contributed by atoms with Gasteiger partial charge in [0, 0.05) is 12.1 Å². The van der Waals surface area contributed by atoms with E-state index in [2.05, 4.69) is 0 Å². The molecule has 3 heteroatoms. The standard InChI is InChI=1S/C11H17NO2/c1-8(12)9(2)14-11-6-4-5-10(7-11)13-3/h4-9H,12H2,1-3H3/t8-,9?/m0/s1. The van der Waals surface area contributed by atoms with Crippen LogP contribution in [0.2, 0.25) is 0 Å². The van der Waals surface area contributed by atoms with Crippen LogP contribution in [0.3, 0.4) is 0 Å². The van der Waals surface area contributed by atoms with Gasteiger partial charge in [0.2, 0.25) is 0 Å². The second-order valence-electron chi connectivity index (χ2n) is 3.36. The molecule has 78 valence electrons. The molecule has 0 heterocycles. The third-order valence-corrected chi connectivity index (χ3v) is 2.10. The summed E-state index contributed by atoms with van der Waals surface area (Å²) >= 11 is 0. The summed E-state index contributed by atoms with van der Waals surface area (Å²) in [4.78, 5) is 0. The van der Waals surface area contributed by atoms with Crippen LogP contribution in [0.25, 0.3) is 0 Å². The predicted octanol–water partition coefficient (Wildman–Crippen LogP) is 1.81. The van der Waals surface area contributed by atoms with E-state index >= 15 is 0 Å². The highest BCUT2D eigenvalue weighted by Gasteiger charge is 2.08. The Hall–Kier alpha value is -1.22. The molecule has 3 nitrogen and oxygen atoms in total. The van der Waals surface area contributed by atoms with Crippen molar-refractivity contribution < 1.29 is 9.47 Å². The third kappa shape index (κ3) is 2.92. The molecule has 1 aromatic carbocycles. The zero-order valence-corrected chi connectivity index (χ0v) is 8.86. The van der Waals surface area contributed by atoms with Crippen LogP contribution in [-0.2, 0) is 0 Å². The van der Waals surface area contributed by atoms with Crippen molar-refractivity contribution in [2.24, 2.45) is 5.73 Å². The molecule has 0 aliphatic carbocycles. The largest absolute Gasteiger partial charge is 0.497 e. The number of hydrogen-bond donors (Lipinski definition) is 1. The first-order chi connectivity index (χ1) is 6.63. The average Bonchev–Trinajstić information content (AvgIpc) is 2.18. The molecule has 2 N–H and O–H groups in total. The van der Waals surface area contributed by atoms with Crippen LogP contribution in [0, 0.1) is 0 Å². The lowest BCUT2D eigenvalue weighted by atomic mass is 10.2. The van der Waals surface area contributed by atoms with E-state index < -0.39 is 0 Å². The molecule has 0 amide bonds. The maximum atomic E-state index is 5.70. The lowest BCUT2D eigenvalue weighted by Crippen LogP contribution is -2.33. The maximum absolute atomic E-state index is 5.70. The average molecular weight is 195 g/mol. The van der Waals surface area contributed by atoms with Crippen molar-refractivity contribution in [1.82, 2.24) is 0 Å². The second kappa shape index (κ2) is 4.86. The molecule has 0 saturated heterocycles. The lowest BCUT2D eigenvalue weighted by Gasteiger charge is -2.18. The Bertz CT molecular complexity index is 286. The fourth-order valence-corrected chi connectivity index (χ4v) is 0.996. The molecule has 1 unspecified atom stereocenters. The molecule has 1 rings (SSSR count). The highest BCUT2D eigenvalue weighted by molar-refractivity contribution is 5.32. The molecule has 0 aliphatic rings. The highest BCUT2D eigenvalue weighted by atomic mass is 16.5.